The Bertz CT molecular complexity index is 1040. The van der Waals surface area contributed by atoms with E-state index in [0.717, 1.165) is 18.4 Å². The van der Waals surface area contributed by atoms with Crippen molar-refractivity contribution in [3.05, 3.63) is 63.8 Å². The number of hydrogen-bond acceptors (Lipinski definition) is 5. The summed E-state index contributed by atoms with van der Waals surface area (Å²) >= 11 is 11.6. The van der Waals surface area contributed by atoms with Crippen LogP contribution in [-0.2, 0) is 20.9 Å². The fourth-order valence-electron chi connectivity index (χ4n) is 2.50. The number of rotatable bonds is 10. The maximum atomic E-state index is 13.7. The normalized spacial score (nSPS) is 13.4. The molecule has 0 aliphatic heterocycles. The zero-order valence-electron chi connectivity index (χ0n) is 16.8. The van der Waals surface area contributed by atoms with E-state index >= 15 is 0 Å². The SMILES string of the molecule is COC=C(C(=O)O)c1ccccc1COc1cc(Cl)c(OC(F)(F)C(F)OC(F)(F)F)c(Cl)c1. The van der Waals surface area contributed by atoms with Gasteiger partial charge >= 0.3 is 24.8 Å². The highest BCUT2D eigenvalue weighted by molar-refractivity contribution is 6.37. The molecule has 2 aromatic carbocycles. The van der Waals surface area contributed by atoms with E-state index in [2.05, 4.69) is 9.47 Å². The lowest BCUT2D eigenvalue weighted by molar-refractivity contribution is -0.411. The van der Waals surface area contributed by atoms with Crippen LogP contribution in [-0.4, -0.2) is 37.0 Å². The van der Waals surface area contributed by atoms with Gasteiger partial charge in [0.15, 0.2) is 5.75 Å². The summed E-state index contributed by atoms with van der Waals surface area (Å²) in [6.07, 6.45) is -14.0. The third-order valence-corrected chi connectivity index (χ3v) is 4.44. The number of alkyl halides is 6. The van der Waals surface area contributed by atoms with Crippen molar-refractivity contribution in [2.24, 2.45) is 0 Å². The van der Waals surface area contributed by atoms with Crippen molar-refractivity contribution in [3.8, 4) is 11.5 Å². The lowest BCUT2D eigenvalue weighted by Gasteiger charge is -2.23. The Balaban J connectivity index is 2.23. The van der Waals surface area contributed by atoms with Crippen molar-refractivity contribution in [2.45, 2.75) is 25.4 Å². The van der Waals surface area contributed by atoms with Gasteiger partial charge in [0.05, 0.1) is 23.4 Å². The van der Waals surface area contributed by atoms with Crippen molar-refractivity contribution in [1.29, 1.82) is 0 Å². The van der Waals surface area contributed by atoms with E-state index in [-0.39, 0.29) is 23.5 Å². The van der Waals surface area contributed by atoms with Crippen LogP contribution in [0.5, 0.6) is 11.5 Å². The van der Waals surface area contributed by atoms with Gasteiger partial charge in [-0.3, -0.25) is 0 Å². The van der Waals surface area contributed by atoms with E-state index in [0.29, 0.717) is 5.56 Å². The van der Waals surface area contributed by atoms with Gasteiger partial charge in [-0.2, -0.15) is 8.78 Å². The summed E-state index contributed by atoms with van der Waals surface area (Å²) in [5.74, 6) is -2.40. The lowest BCUT2D eigenvalue weighted by atomic mass is 10.0. The number of benzene rings is 2. The third-order valence-electron chi connectivity index (χ3n) is 3.88. The first-order valence-electron chi connectivity index (χ1n) is 8.87. The molecule has 1 N–H and O–H groups in total. The molecule has 186 valence electrons. The Morgan fingerprint density at radius 2 is 1.71 bits per heavy atom. The van der Waals surface area contributed by atoms with E-state index in [1.165, 1.54) is 13.2 Å². The van der Waals surface area contributed by atoms with Gasteiger partial charge in [0.25, 0.3) is 0 Å². The van der Waals surface area contributed by atoms with E-state index in [1.54, 1.807) is 18.2 Å². The molecule has 0 radical (unpaired) electrons. The highest BCUT2D eigenvalue weighted by Crippen LogP contribution is 2.41. The minimum atomic E-state index is -5.69. The highest BCUT2D eigenvalue weighted by atomic mass is 35.5. The summed E-state index contributed by atoms with van der Waals surface area (Å²) < 4.78 is 93.5. The van der Waals surface area contributed by atoms with Crippen LogP contribution in [0, 0.1) is 0 Å². The van der Waals surface area contributed by atoms with Gasteiger partial charge in [0, 0.05) is 12.1 Å². The number of aliphatic carboxylic acids is 1. The molecule has 6 nitrogen and oxygen atoms in total. The zero-order valence-corrected chi connectivity index (χ0v) is 18.3. The van der Waals surface area contributed by atoms with Crippen molar-refractivity contribution in [3.63, 3.8) is 0 Å². The van der Waals surface area contributed by atoms with Crippen LogP contribution in [0.2, 0.25) is 10.0 Å². The van der Waals surface area contributed by atoms with E-state index < -0.39 is 40.6 Å². The van der Waals surface area contributed by atoms with Crippen LogP contribution in [0.1, 0.15) is 11.1 Å². The molecule has 0 spiro atoms. The molecule has 0 amide bonds. The molecule has 2 aromatic rings. The number of carbonyl (C=O) groups is 1. The number of ether oxygens (including phenoxy) is 4. The molecule has 0 aliphatic rings. The standard InChI is InChI=1S/C20H14Cl2F6O6/c1-31-9-13(17(29)30)12-5-3-2-4-10(12)8-32-11-6-14(21)16(15(22)7-11)33-19(24,25)18(23)34-20(26,27)28/h2-7,9,18H,8H2,1H3,(H,29,30). The molecule has 0 bridgehead atoms. The summed E-state index contributed by atoms with van der Waals surface area (Å²) in [5, 5.41) is 8.09. The molecule has 1 atom stereocenters. The zero-order chi connectivity index (χ0) is 25.7. The summed E-state index contributed by atoms with van der Waals surface area (Å²) in [7, 11) is 1.26. The maximum absolute atomic E-state index is 13.7. The minimum Gasteiger partial charge on any atom is -0.503 e. The second-order valence-electron chi connectivity index (χ2n) is 6.28. The van der Waals surface area contributed by atoms with Gasteiger partial charge in [-0.15, -0.1) is 13.2 Å². The second-order valence-corrected chi connectivity index (χ2v) is 7.09. The molecule has 0 saturated heterocycles. The van der Waals surface area contributed by atoms with Crippen LogP contribution in [0.4, 0.5) is 26.3 Å². The summed E-state index contributed by atoms with van der Waals surface area (Å²) in [5.41, 5.74) is 0.467. The number of carboxylic acids is 1. The first-order chi connectivity index (χ1) is 15.7. The van der Waals surface area contributed by atoms with Crippen molar-refractivity contribution >= 4 is 34.7 Å². The molecular formula is C20H14Cl2F6O6. The summed E-state index contributed by atoms with van der Waals surface area (Å²) in [6.45, 7) is -0.237. The first-order valence-corrected chi connectivity index (χ1v) is 9.62. The summed E-state index contributed by atoms with van der Waals surface area (Å²) in [6, 6.07) is 8.08. The van der Waals surface area contributed by atoms with Crippen molar-refractivity contribution in [1.82, 2.24) is 0 Å². The van der Waals surface area contributed by atoms with Gasteiger partial charge in [0.1, 0.15) is 17.9 Å². The van der Waals surface area contributed by atoms with Gasteiger partial charge < -0.3 is 19.3 Å². The quantitative estimate of drug-likeness (QED) is 0.214. The van der Waals surface area contributed by atoms with Gasteiger partial charge in [-0.25, -0.2) is 13.9 Å². The Kier molecular flexibility index (Phi) is 8.92. The number of carboxylic acid groups (broad SMARTS) is 1. The van der Waals surface area contributed by atoms with Crippen LogP contribution < -0.4 is 9.47 Å². The molecule has 2 rings (SSSR count). The average molecular weight is 535 g/mol. The van der Waals surface area contributed by atoms with Gasteiger partial charge in [-0.1, -0.05) is 47.5 Å². The minimum absolute atomic E-state index is 0.101. The second kappa shape index (κ2) is 11.1. The number of methoxy groups -OCH3 is 1. The predicted molar refractivity (Wildman–Crippen MR) is 107 cm³/mol. The predicted octanol–water partition coefficient (Wildman–Crippen LogP) is 6.45. The van der Waals surface area contributed by atoms with Crippen LogP contribution in [0.25, 0.3) is 5.57 Å². The molecule has 0 aromatic heterocycles. The number of halogens is 8. The van der Waals surface area contributed by atoms with Crippen LogP contribution >= 0.6 is 23.2 Å². The fourth-order valence-corrected chi connectivity index (χ4v) is 3.05. The average Bonchev–Trinajstić information content (AvgIpc) is 2.72. The van der Waals surface area contributed by atoms with E-state index in [4.69, 9.17) is 32.7 Å². The van der Waals surface area contributed by atoms with Gasteiger partial charge in [-0.05, 0) is 11.1 Å². The molecule has 0 saturated carbocycles. The monoisotopic (exact) mass is 534 g/mol. The number of hydrogen-bond donors (Lipinski definition) is 1. The molecule has 0 aliphatic carbocycles. The third kappa shape index (κ3) is 7.34. The smallest absolute Gasteiger partial charge is 0.503 e. The topological polar surface area (TPSA) is 74.2 Å². The molecule has 14 heteroatoms. The fraction of sp³-hybridized carbons (Fsp3) is 0.250. The lowest BCUT2D eigenvalue weighted by Crippen LogP contribution is -2.41. The molecule has 0 fully saturated rings. The Labute approximate surface area is 198 Å². The van der Waals surface area contributed by atoms with Gasteiger partial charge in [0.2, 0.25) is 0 Å². The molecule has 0 heterocycles. The Morgan fingerprint density at radius 3 is 2.24 bits per heavy atom. The van der Waals surface area contributed by atoms with E-state index in [1.807, 2.05) is 0 Å². The Hall–Kier alpha value is -2.83. The van der Waals surface area contributed by atoms with Crippen molar-refractivity contribution < 1.29 is 55.2 Å². The van der Waals surface area contributed by atoms with Crippen LogP contribution in [0.15, 0.2) is 42.7 Å². The maximum Gasteiger partial charge on any atom is 0.525 e. The van der Waals surface area contributed by atoms with E-state index in [9.17, 15) is 36.2 Å². The summed E-state index contributed by atoms with van der Waals surface area (Å²) in [4.78, 5) is 11.5. The van der Waals surface area contributed by atoms with Crippen LogP contribution in [0.3, 0.4) is 0 Å². The molecule has 1 unspecified atom stereocenters. The first kappa shape index (κ1) is 27.4. The molecule has 34 heavy (non-hydrogen) atoms. The van der Waals surface area contributed by atoms with Crippen molar-refractivity contribution in [2.75, 3.05) is 7.11 Å². The Morgan fingerprint density at radius 1 is 1.12 bits per heavy atom. The molecular weight excluding hydrogens is 521 g/mol. The highest BCUT2D eigenvalue weighted by Gasteiger charge is 2.51. The largest absolute Gasteiger partial charge is 0.525 e.